The van der Waals surface area contributed by atoms with E-state index in [1.54, 1.807) is 4.90 Å². The molecule has 0 aromatic carbocycles. The van der Waals surface area contributed by atoms with Gasteiger partial charge in [-0.25, -0.2) is 0 Å². The van der Waals surface area contributed by atoms with Crippen molar-refractivity contribution in [3.63, 3.8) is 0 Å². The average Bonchev–Trinajstić information content (AvgIpc) is 2.27. The lowest BCUT2D eigenvalue weighted by molar-refractivity contribution is -0.138. The molecule has 0 spiro atoms. The highest BCUT2D eigenvalue weighted by Gasteiger charge is 2.22. The number of carboxylic acids is 1. The van der Waals surface area contributed by atoms with Crippen LogP contribution in [0.1, 0.15) is 32.1 Å². The van der Waals surface area contributed by atoms with Crippen LogP contribution in [0.15, 0.2) is 0 Å². The zero-order valence-electron chi connectivity index (χ0n) is 9.32. The van der Waals surface area contributed by atoms with E-state index in [1.807, 2.05) is 0 Å². The Bertz CT molecular complexity index is 298. The summed E-state index contributed by atoms with van der Waals surface area (Å²) in [5.41, 5.74) is 0. The second-order valence-corrected chi connectivity index (χ2v) is 4.14. The van der Waals surface area contributed by atoms with E-state index in [4.69, 9.17) is 11.5 Å². The number of rotatable bonds is 4. The normalized spacial score (nSPS) is 16.8. The molecule has 16 heavy (non-hydrogen) atoms. The van der Waals surface area contributed by atoms with Gasteiger partial charge in [0.15, 0.2) is 0 Å². The quantitative estimate of drug-likeness (QED) is 0.726. The molecule has 0 radical (unpaired) electrons. The summed E-state index contributed by atoms with van der Waals surface area (Å²) in [4.78, 5) is 23.6. The molecule has 1 aliphatic rings. The molecule has 1 N–H and O–H groups in total. The van der Waals surface area contributed by atoms with Gasteiger partial charge >= 0.3 is 5.97 Å². The standard InChI is InChI=1S/C12H17NO3/c1-2-3-11(14)13-8-6-10(7-9-13)4-5-12(15)16/h1,10H,3-9H2,(H,15,16). The predicted octanol–water partition coefficient (Wildman–Crippen LogP) is 1.11. The molecule has 4 nitrogen and oxygen atoms in total. The van der Waals surface area contributed by atoms with Crippen molar-refractivity contribution < 1.29 is 14.7 Å². The monoisotopic (exact) mass is 223 g/mol. The first-order chi connectivity index (χ1) is 7.63. The third kappa shape index (κ3) is 3.93. The van der Waals surface area contributed by atoms with Crippen molar-refractivity contribution >= 4 is 11.9 Å². The molecule has 0 unspecified atom stereocenters. The first-order valence-electron chi connectivity index (χ1n) is 5.56. The number of terminal acetylenes is 1. The SMILES string of the molecule is C#CCC(=O)N1CCC(CCC(=O)O)CC1. The Hall–Kier alpha value is -1.50. The first kappa shape index (κ1) is 12.6. The summed E-state index contributed by atoms with van der Waals surface area (Å²) in [5, 5.41) is 8.57. The molecule has 0 bridgehead atoms. The fourth-order valence-electron chi connectivity index (χ4n) is 2.00. The summed E-state index contributed by atoms with van der Waals surface area (Å²) < 4.78 is 0. The molecule has 0 atom stereocenters. The van der Waals surface area contributed by atoms with Crippen LogP contribution in [0.3, 0.4) is 0 Å². The van der Waals surface area contributed by atoms with Crippen LogP contribution in [0.5, 0.6) is 0 Å². The van der Waals surface area contributed by atoms with E-state index in [0.29, 0.717) is 25.4 Å². The maximum Gasteiger partial charge on any atom is 0.303 e. The average molecular weight is 223 g/mol. The smallest absolute Gasteiger partial charge is 0.303 e. The molecule has 1 amide bonds. The Labute approximate surface area is 95.6 Å². The van der Waals surface area contributed by atoms with E-state index in [-0.39, 0.29) is 18.7 Å². The molecule has 1 rings (SSSR count). The molecule has 1 heterocycles. The van der Waals surface area contributed by atoms with E-state index in [2.05, 4.69) is 5.92 Å². The minimum Gasteiger partial charge on any atom is -0.481 e. The van der Waals surface area contributed by atoms with Crippen LogP contribution in [-0.4, -0.2) is 35.0 Å². The van der Waals surface area contributed by atoms with Crippen LogP contribution >= 0.6 is 0 Å². The van der Waals surface area contributed by atoms with E-state index < -0.39 is 5.97 Å². The Kier molecular flexibility index (Phi) is 4.84. The number of carbonyl (C=O) groups is 2. The van der Waals surface area contributed by atoms with Crippen molar-refractivity contribution in [2.75, 3.05) is 13.1 Å². The highest BCUT2D eigenvalue weighted by atomic mass is 16.4. The topological polar surface area (TPSA) is 57.6 Å². The van der Waals surface area contributed by atoms with Gasteiger partial charge in [-0.1, -0.05) is 5.92 Å². The Balaban J connectivity index is 2.26. The number of nitrogens with zero attached hydrogens (tertiary/aromatic N) is 1. The second-order valence-electron chi connectivity index (χ2n) is 4.14. The van der Waals surface area contributed by atoms with Crippen molar-refractivity contribution in [2.24, 2.45) is 5.92 Å². The number of aliphatic carboxylic acids is 1. The molecule has 0 aliphatic carbocycles. The van der Waals surface area contributed by atoms with Gasteiger partial charge in [-0.2, -0.15) is 0 Å². The van der Waals surface area contributed by atoms with Crippen molar-refractivity contribution in [2.45, 2.75) is 32.1 Å². The molecule has 0 saturated carbocycles. The van der Waals surface area contributed by atoms with Gasteiger partial charge in [-0.15, -0.1) is 6.42 Å². The molecule has 1 aliphatic heterocycles. The van der Waals surface area contributed by atoms with Gasteiger partial charge in [0.05, 0.1) is 6.42 Å². The van der Waals surface area contributed by atoms with Crippen LogP contribution in [-0.2, 0) is 9.59 Å². The lowest BCUT2D eigenvalue weighted by Crippen LogP contribution is -2.38. The van der Waals surface area contributed by atoms with Crippen LogP contribution in [0.2, 0.25) is 0 Å². The van der Waals surface area contributed by atoms with E-state index >= 15 is 0 Å². The third-order valence-corrected chi connectivity index (χ3v) is 2.99. The zero-order chi connectivity index (χ0) is 12.0. The minimum atomic E-state index is -0.745. The highest BCUT2D eigenvalue weighted by Crippen LogP contribution is 2.22. The van der Waals surface area contributed by atoms with E-state index in [1.165, 1.54) is 0 Å². The molecular weight excluding hydrogens is 206 g/mol. The van der Waals surface area contributed by atoms with Gasteiger partial charge in [0, 0.05) is 19.5 Å². The summed E-state index contributed by atoms with van der Waals surface area (Å²) in [6, 6.07) is 0. The van der Waals surface area contributed by atoms with Crippen LogP contribution < -0.4 is 0 Å². The predicted molar refractivity (Wildman–Crippen MR) is 59.6 cm³/mol. The highest BCUT2D eigenvalue weighted by molar-refractivity contribution is 5.78. The Morgan fingerprint density at radius 1 is 1.38 bits per heavy atom. The summed E-state index contributed by atoms with van der Waals surface area (Å²) in [6.45, 7) is 1.43. The molecule has 0 aromatic heterocycles. The summed E-state index contributed by atoms with van der Waals surface area (Å²) in [6.07, 6.45) is 7.97. The molecule has 4 heteroatoms. The van der Waals surface area contributed by atoms with Gasteiger partial charge in [-0.05, 0) is 25.2 Å². The number of likely N-dealkylation sites (tertiary alicyclic amines) is 1. The van der Waals surface area contributed by atoms with E-state index in [9.17, 15) is 9.59 Å². The van der Waals surface area contributed by atoms with Gasteiger partial charge in [-0.3, -0.25) is 9.59 Å². The fraction of sp³-hybridized carbons (Fsp3) is 0.667. The number of amides is 1. The minimum absolute atomic E-state index is 0.0131. The molecule has 1 saturated heterocycles. The lowest BCUT2D eigenvalue weighted by Gasteiger charge is -2.31. The zero-order valence-corrected chi connectivity index (χ0v) is 9.32. The van der Waals surface area contributed by atoms with Gasteiger partial charge in [0.1, 0.15) is 0 Å². The van der Waals surface area contributed by atoms with Crippen LogP contribution in [0.25, 0.3) is 0 Å². The fourth-order valence-corrected chi connectivity index (χ4v) is 2.00. The van der Waals surface area contributed by atoms with Crippen molar-refractivity contribution in [1.82, 2.24) is 4.90 Å². The summed E-state index contributed by atoms with van der Waals surface area (Å²) >= 11 is 0. The Morgan fingerprint density at radius 2 is 2.00 bits per heavy atom. The lowest BCUT2D eigenvalue weighted by atomic mass is 9.92. The van der Waals surface area contributed by atoms with Gasteiger partial charge < -0.3 is 10.0 Å². The van der Waals surface area contributed by atoms with Gasteiger partial charge in [0.25, 0.3) is 0 Å². The summed E-state index contributed by atoms with van der Waals surface area (Å²) in [5.74, 6) is 2.05. The van der Waals surface area contributed by atoms with Crippen molar-refractivity contribution in [1.29, 1.82) is 0 Å². The van der Waals surface area contributed by atoms with Crippen molar-refractivity contribution in [3.05, 3.63) is 0 Å². The van der Waals surface area contributed by atoms with Crippen LogP contribution in [0, 0.1) is 18.3 Å². The second kappa shape index (κ2) is 6.16. The van der Waals surface area contributed by atoms with Crippen LogP contribution in [0.4, 0.5) is 0 Å². The molecule has 0 aromatic rings. The van der Waals surface area contributed by atoms with Gasteiger partial charge in [0.2, 0.25) is 5.91 Å². The number of carbonyl (C=O) groups excluding carboxylic acids is 1. The van der Waals surface area contributed by atoms with E-state index in [0.717, 1.165) is 12.8 Å². The first-order valence-corrected chi connectivity index (χ1v) is 5.56. The number of hydrogen-bond acceptors (Lipinski definition) is 2. The largest absolute Gasteiger partial charge is 0.481 e. The van der Waals surface area contributed by atoms with Crippen molar-refractivity contribution in [3.8, 4) is 12.3 Å². The Morgan fingerprint density at radius 3 is 2.50 bits per heavy atom. The number of hydrogen-bond donors (Lipinski definition) is 1. The summed E-state index contributed by atoms with van der Waals surface area (Å²) in [7, 11) is 0. The number of piperidine rings is 1. The third-order valence-electron chi connectivity index (χ3n) is 2.99. The molecular formula is C12H17NO3. The molecule has 88 valence electrons. The number of carboxylic acid groups (broad SMARTS) is 1. The maximum atomic E-state index is 11.5. The maximum absolute atomic E-state index is 11.5. The molecule has 1 fully saturated rings.